The summed E-state index contributed by atoms with van der Waals surface area (Å²) < 4.78 is 53.2. The third kappa shape index (κ3) is 2.65. The summed E-state index contributed by atoms with van der Waals surface area (Å²) in [5, 5.41) is 0. The summed E-state index contributed by atoms with van der Waals surface area (Å²) >= 11 is 0. The van der Waals surface area contributed by atoms with Crippen LogP contribution in [-0.2, 0) is 0 Å². The van der Waals surface area contributed by atoms with Gasteiger partial charge in [0.2, 0.25) is 11.6 Å². The Morgan fingerprint density at radius 2 is 1.79 bits per heavy atom. The van der Waals surface area contributed by atoms with Crippen molar-refractivity contribution < 1.29 is 17.6 Å². The number of halogens is 4. The number of likely N-dealkylation sites (N-methyl/N-ethyl adjacent to an activating group) is 2. The molecule has 1 aromatic rings. The molecule has 0 aliphatic carbocycles. The average Bonchev–Trinajstić information content (AvgIpc) is 2.73. The monoisotopic (exact) mass is 277 g/mol. The molecule has 0 aromatic carbocycles. The maximum absolute atomic E-state index is 13.6. The molecular formula is C12H15F4N3. The molecule has 1 fully saturated rings. The van der Waals surface area contributed by atoms with E-state index in [1.54, 1.807) is 0 Å². The molecule has 0 amide bonds. The number of hydrogen-bond acceptors (Lipinski definition) is 3. The minimum atomic E-state index is -1.62. The first-order chi connectivity index (χ1) is 8.91. The molecule has 7 heteroatoms. The second kappa shape index (κ2) is 5.32. The topological polar surface area (TPSA) is 19.4 Å². The van der Waals surface area contributed by atoms with Gasteiger partial charge in [0.1, 0.15) is 5.69 Å². The summed E-state index contributed by atoms with van der Waals surface area (Å²) in [5.41, 5.74) is -0.703. The predicted molar refractivity (Wildman–Crippen MR) is 63.0 cm³/mol. The van der Waals surface area contributed by atoms with Crippen LogP contribution in [0.5, 0.6) is 0 Å². The Hall–Kier alpha value is -1.37. The number of aromatic nitrogens is 1. The summed E-state index contributed by atoms with van der Waals surface area (Å²) in [4.78, 5) is 5.80. The first-order valence-electron chi connectivity index (χ1n) is 6.03. The van der Waals surface area contributed by atoms with Gasteiger partial charge in [-0.25, -0.2) is 0 Å². The zero-order chi connectivity index (χ0) is 14.2. The van der Waals surface area contributed by atoms with Crippen LogP contribution in [0.2, 0.25) is 0 Å². The highest BCUT2D eigenvalue weighted by Crippen LogP contribution is 2.26. The summed E-state index contributed by atoms with van der Waals surface area (Å²) in [6.45, 7) is 1.20. The Labute approximate surface area is 108 Å². The van der Waals surface area contributed by atoms with E-state index >= 15 is 0 Å². The van der Waals surface area contributed by atoms with E-state index < -0.39 is 29.2 Å². The van der Waals surface area contributed by atoms with Gasteiger partial charge in [-0.15, -0.1) is 0 Å². The van der Waals surface area contributed by atoms with Gasteiger partial charge in [0, 0.05) is 19.6 Å². The van der Waals surface area contributed by atoms with Gasteiger partial charge in [-0.2, -0.15) is 22.5 Å². The smallest absolute Gasteiger partial charge is 0.253 e. The van der Waals surface area contributed by atoms with Crippen LogP contribution in [0, 0.1) is 23.5 Å². The van der Waals surface area contributed by atoms with E-state index in [0.29, 0.717) is 6.54 Å². The molecule has 19 heavy (non-hydrogen) atoms. The van der Waals surface area contributed by atoms with Crippen molar-refractivity contribution >= 4 is 5.69 Å². The van der Waals surface area contributed by atoms with Crippen molar-refractivity contribution in [3.05, 3.63) is 23.5 Å². The molecule has 0 saturated carbocycles. The van der Waals surface area contributed by atoms with E-state index in [1.165, 1.54) is 11.9 Å². The Morgan fingerprint density at radius 3 is 2.26 bits per heavy atom. The van der Waals surface area contributed by atoms with Gasteiger partial charge in [-0.3, -0.25) is 0 Å². The zero-order valence-corrected chi connectivity index (χ0v) is 10.8. The number of likely N-dealkylation sites (tertiary alicyclic amines) is 1. The van der Waals surface area contributed by atoms with Gasteiger partial charge in [0.15, 0.2) is 0 Å². The number of pyridine rings is 1. The highest BCUT2D eigenvalue weighted by molar-refractivity contribution is 5.47. The maximum atomic E-state index is 13.6. The molecule has 1 saturated heterocycles. The fourth-order valence-electron chi connectivity index (χ4n) is 2.43. The second-order valence-corrected chi connectivity index (χ2v) is 4.83. The van der Waals surface area contributed by atoms with Gasteiger partial charge in [-0.1, -0.05) is 0 Å². The van der Waals surface area contributed by atoms with Crippen molar-refractivity contribution in [3.63, 3.8) is 0 Å². The quantitative estimate of drug-likeness (QED) is 0.623. The predicted octanol–water partition coefficient (Wildman–Crippen LogP) is 2.17. The Balaban J connectivity index is 2.25. The Kier molecular flexibility index (Phi) is 3.93. The van der Waals surface area contributed by atoms with E-state index in [4.69, 9.17) is 0 Å². The average molecular weight is 277 g/mol. The van der Waals surface area contributed by atoms with Gasteiger partial charge in [0.25, 0.3) is 11.9 Å². The van der Waals surface area contributed by atoms with Gasteiger partial charge in [0.05, 0.1) is 0 Å². The second-order valence-electron chi connectivity index (χ2n) is 4.83. The van der Waals surface area contributed by atoms with Gasteiger partial charge >= 0.3 is 0 Å². The van der Waals surface area contributed by atoms with Crippen LogP contribution in [0.1, 0.15) is 12.8 Å². The Bertz CT molecular complexity index is 454. The van der Waals surface area contributed by atoms with Crippen LogP contribution < -0.4 is 4.90 Å². The summed E-state index contributed by atoms with van der Waals surface area (Å²) in [7, 11) is 3.32. The number of hydrogen-bond donors (Lipinski definition) is 0. The molecule has 1 aromatic heterocycles. The molecule has 2 heterocycles. The van der Waals surface area contributed by atoms with Crippen LogP contribution in [0.4, 0.5) is 23.2 Å². The number of rotatable bonds is 3. The summed E-state index contributed by atoms with van der Waals surface area (Å²) in [5.74, 6) is -6.16. The highest BCUT2D eigenvalue weighted by Gasteiger charge is 2.27. The molecule has 3 nitrogen and oxygen atoms in total. The third-order valence-electron chi connectivity index (χ3n) is 3.51. The molecular weight excluding hydrogens is 262 g/mol. The summed E-state index contributed by atoms with van der Waals surface area (Å²) in [6, 6.07) is 0.114. The lowest BCUT2D eigenvalue weighted by Gasteiger charge is -2.27. The largest absolute Gasteiger partial charge is 0.368 e. The lowest BCUT2D eigenvalue weighted by Crippen LogP contribution is -2.37. The molecule has 106 valence electrons. The number of nitrogens with zero attached hydrogens (tertiary/aromatic N) is 3. The van der Waals surface area contributed by atoms with Crippen molar-refractivity contribution in [2.24, 2.45) is 0 Å². The molecule has 0 radical (unpaired) electrons. The minimum Gasteiger partial charge on any atom is -0.368 e. The van der Waals surface area contributed by atoms with Gasteiger partial charge in [-0.05, 0) is 26.4 Å². The molecule has 1 unspecified atom stereocenters. The molecule has 0 bridgehead atoms. The molecule has 2 rings (SSSR count). The molecule has 0 spiro atoms. The van der Waals surface area contributed by atoms with Crippen molar-refractivity contribution in [2.45, 2.75) is 18.9 Å². The minimum absolute atomic E-state index is 0.114. The summed E-state index contributed by atoms with van der Waals surface area (Å²) in [6.07, 6.45) is 1.89. The van der Waals surface area contributed by atoms with E-state index in [-0.39, 0.29) is 6.04 Å². The van der Waals surface area contributed by atoms with Crippen molar-refractivity contribution in [1.82, 2.24) is 9.88 Å². The molecule has 1 aliphatic rings. The van der Waals surface area contributed by atoms with Crippen molar-refractivity contribution in [2.75, 3.05) is 32.1 Å². The van der Waals surface area contributed by atoms with E-state index in [9.17, 15) is 17.6 Å². The standard InChI is InChI=1S/C12H15F4N3/c1-18-5-3-4-7(18)6-19(2)10-8(13)11(15)17-12(16)9(10)14/h7H,3-6H2,1-2H3. The van der Waals surface area contributed by atoms with Crippen LogP contribution in [0.3, 0.4) is 0 Å². The van der Waals surface area contributed by atoms with Crippen LogP contribution in [0.15, 0.2) is 0 Å². The SMILES string of the molecule is CN(CC1CCCN1C)c1c(F)c(F)nc(F)c1F. The van der Waals surface area contributed by atoms with E-state index in [2.05, 4.69) is 9.88 Å². The molecule has 1 aliphatic heterocycles. The fourth-order valence-corrected chi connectivity index (χ4v) is 2.43. The lowest BCUT2D eigenvalue weighted by atomic mass is 10.2. The van der Waals surface area contributed by atoms with E-state index in [1.807, 2.05) is 7.05 Å². The van der Waals surface area contributed by atoms with Crippen LogP contribution in [-0.4, -0.2) is 43.1 Å². The van der Waals surface area contributed by atoms with Crippen molar-refractivity contribution in [1.29, 1.82) is 0 Å². The van der Waals surface area contributed by atoms with E-state index in [0.717, 1.165) is 19.4 Å². The molecule has 0 N–H and O–H groups in total. The first kappa shape index (κ1) is 14.0. The maximum Gasteiger partial charge on any atom is 0.253 e. The zero-order valence-electron chi connectivity index (χ0n) is 10.8. The van der Waals surface area contributed by atoms with Crippen LogP contribution >= 0.6 is 0 Å². The molecule has 1 atom stereocenters. The fraction of sp³-hybridized carbons (Fsp3) is 0.583. The third-order valence-corrected chi connectivity index (χ3v) is 3.51. The number of anilines is 1. The van der Waals surface area contributed by atoms with Gasteiger partial charge < -0.3 is 9.80 Å². The Morgan fingerprint density at radius 1 is 1.21 bits per heavy atom. The van der Waals surface area contributed by atoms with Crippen LogP contribution in [0.25, 0.3) is 0 Å². The lowest BCUT2D eigenvalue weighted by molar-refractivity contribution is 0.312. The first-order valence-corrected chi connectivity index (χ1v) is 6.03. The normalized spacial score (nSPS) is 20.0. The highest BCUT2D eigenvalue weighted by atomic mass is 19.2. The van der Waals surface area contributed by atoms with Crippen molar-refractivity contribution in [3.8, 4) is 0 Å².